The summed E-state index contributed by atoms with van der Waals surface area (Å²) in [5, 5.41) is 6.26. The van der Waals surface area contributed by atoms with Crippen molar-refractivity contribution in [3.05, 3.63) is 72.8 Å². The average Bonchev–Trinajstić information content (AvgIpc) is 3.20. The summed E-state index contributed by atoms with van der Waals surface area (Å²) in [6, 6.07) is 15.1. The van der Waals surface area contributed by atoms with Gasteiger partial charge in [-0.05, 0) is 42.8 Å². The molecule has 1 aromatic heterocycles. The summed E-state index contributed by atoms with van der Waals surface area (Å²) >= 11 is 0. The molecule has 0 fully saturated rings. The van der Waals surface area contributed by atoms with Crippen LogP contribution in [0.5, 0.6) is 5.75 Å². The van der Waals surface area contributed by atoms with Crippen molar-refractivity contribution >= 4 is 17.3 Å². The maximum Gasteiger partial charge on any atom is 0.253 e. The number of nitrogens with one attached hydrogen (secondary N) is 2. The number of hydrogen-bond donors (Lipinski definition) is 2. The second-order valence-corrected chi connectivity index (χ2v) is 5.81. The van der Waals surface area contributed by atoms with Gasteiger partial charge in [0.25, 0.3) is 5.91 Å². The molecular weight excluding hydrogens is 328 g/mol. The molecule has 2 N–H and O–H groups in total. The molecule has 0 aliphatic rings. The zero-order valence-corrected chi connectivity index (χ0v) is 14.7. The summed E-state index contributed by atoms with van der Waals surface area (Å²) in [5.74, 6) is 0.701. The van der Waals surface area contributed by atoms with Gasteiger partial charge in [-0.15, -0.1) is 0 Å². The van der Waals surface area contributed by atoms with Crippen molar-refractivity contribution < 1.29 is 9.53 Å². The van der Waals surface area contributed by atoms with Crippen LogP contribution in [0.4, 0.5) is 11.4 Å². The number of amides is 1. The summed E-state index contributed by atoms with van der Waals surface area (Å²) in [6.45, 7) is 1.43. The lowest BCUT2D eigenvalue weighted by Gasteiger charge is -2.13. The molecular formula is C20H22N4O2. The topological polar surface area (TPSA) is 68.2 Å². The van der Waals surface area contributed by atoms with Crippen LogP contribution in [0.2, 0.25) is 0 Å². The standard InChI is InChI=1S/C20H22N4O2/c1-26-17-9-7-16(8-10-17)23-19-6-3-2-5-18(19)20(25)22-11-4-13-24-14-12-21-15-24/h2-3,5-10,12,14-15,23H,4,11,13H2,1H3,(H,22,25). The third-order valence-corrected chi connectivity index (χ3v) is 3.98. The number of nitrogens with zero attached hydrogens (tertiary/aromatic N) is 2. The van der Waals surface area contributed by atoms with Crippen LogP contribution < -0.4 is 15.4 Å². The Kier molecular flexibility index (Phi) is 5.88. The predicted octanol–water partition coefficient (Wildman–Crippen LogP) is 3.46. The molecule has 134 valence electrons. The highest BCUT2D eigenvalue weighted by atomic mass is 16.5. The Morgan fingerprint density at radius 2 is 1.96 bits per heavy atom. The van der Waals surface area contributed by atoms with Gasteiger partial charge in [0.1, 0.15) is 5.75 Å². The number of aryl methyl sites for hydroxylation is 1. The van der Waals surface area contributed by atoms with Gasteiger partial charge in [0.2, 0.25) is 0 Å². The fourth-order valence-electron chi connectivity index (χ4n) is 2.60. The number of methoxy groups -OCH3 is 1. The Morgan fingerprint density at radius 3 is 2.69 bits per heavy atom. The Hall–Kier alpha value is -3.28. The van der Waals surface area contributed by atoms with Crippen LogP contribution >= 0.6 is 0 Å². The smallest absolute Gasteiger partial charge is 0.253 e. The monoisotopic (exact) mass is 350 g/mol. The quantitative estimate of drug-likeness (QED) is 0.611. The lowest BCUT2D eigenvalue weighted by atomic mass is 10.1. The minimum Gasteiger partial charge on any atom is -0.497 e. The number of para-hydroxylation sites is 1. The summed E-state index contributed by atoms with van der Waals surface area (Å²) in [7, 11) is 1.63. The van der Waals surface area contributed by atoms with Gasteiger partial charge < -0.3 is 19.9 Å². The van der Waals surface area contributed by atoms with E-state index in [0.29, 0.717) is 12.1 Å². The number of ether oxygens (including phenoxy) is 1. The zero-order valence-electron chi connectivity index (χ0n) is 14.7. The van der Waals surface area contributed by atoms with E-state index in [0.717, 1.165) is 30.1 Å². The van der Waals surface area contributed by atoms with E-state index in [-0.39, 0.29) is 5.91 Å². The molecule has 0 bridgehead atoms. The first-order chi connectivity index (χ1) is 12.8. The summed E-state index contributed by atoms with van der Waals surface area (Å²) < 4.78 is 7.16. The Labute approximate surface area is 152 Å². The lowest BCUT2D eigenvalue weighted by Crippen LogP contribution is -2.25. The van der Waals surface area contributed by atoms with Crippen LogP contribution in [0, 0.1) is 0 Å². The first-order valence-corrected chi connectivity index (χ1v) is 8.50. The minimum atomic E-state index is -0.0905. The molecule has 26 heavy (non-hydrogen) atoms. The van der Waals surface area contributed by atoms with Crippen molar-refractivity contribution in [2.24, 2.45) is 0 Å². The number of aromatic nitrogens is 2. The Morgan fingerprint density at radius 1 is 1.15 bits per heavy atom. The molecule has 0 unspecified atom stereocenters. The van der Waals surface area contributed by atoms with Crippen molar-refractivity contribution in [2.45, 2.75) is 13.0 Å². The molecule has 0 spiro atoms. The van der Waals surface area contributed by atoms with E-state index < -0.39 is 0 Å². The van der Waals surface area contributed by atoms with E-state index in [1.54, 1.807) is 19.6 Å². The van der Waals surface area contributed by atoms with Crippen LogP contribution in [-0.4, -0.2) is 29.1 Å². The van der Waals surface area contributed by atoms with Gasteiger partial charge in [0, 0.05) is 31.2 Å². The first kappa shape index (κ1) is 17.5. The molecule has 0 atom stereocenters. The highest BCUT2D eigenvalue weighted by molar-refractivity contribution is 6.00. The fourth-order valence-corrected chi connectivity index (χ4v) is 2.60. The summed E-state index contributed by atoms with van der Waals surface area (Å²) in [5.41, 5.74) is 2.28. The van der Waals surface area contributed by atoms with Gasteiger partial charge in [0.05, 0.1) is 24.7 Å². The predicted molar refractivity (Wildman–Crippen MR) is 102 cm³/mol. The van der Waals surface area contributed by atoms with Crippen molar-refractivity contribution in [1.82, 2.24) is 14.9 Å². The number of anilines is 2. The van der Waals surface area contributed by atoms with Crippen LogP contribution in [0.15, 0.2) is 67.3 Å². The average molecular weight is 350 g/mol. The number of rotatable bonds is 8. The van der Waals surface area contributed by atoms with Crippen molar-refractivity contribution in [1.29, 1.82) is 0 Å². The van der Waals surface area contributed by atoms with Crippen molar-refractivity contribution in [3.8, 4) is 5.75 Å². The van der Waals surface area contributed by atoms with E-state index in [2.05, 4.69) is 15.6 Å². The highest BCUT2D eigenvalue weighted by Crippen LogP contribution is 2.22. The van der Waals surface area contributed by atoms with Crippen molar-refractivity contribution in [3.63, 3.8) is 0 Å². The molecule has 0 radical (unpaired) electrons. The van der Waals surface area contributed by atoms with Crippen LogP contribution in [0.25, 0.3) is 0 Å². The van der Waals surface area contributed by atoms with Gasteiger partial charge in [-0.3, -0.25) is 4.79 Å². The Bertz CT molecular complexity index is 829. The maximum atomic E-state index is 12.5. The fraction of sp³-hybridized carbons (Fsp3) is 0.200. The molecule has 0 saturated carbocycles. The second kappa shape index (κ2) is 8.71. The van der Waals surface area contributed by atoms with Crippen LogP contribution in [0.3, 0.4) is 0 Å². The molecule has 1 amide bonds. The third kappa shape index (κ3) is 4.63. The van der Waals surface area contributed by atoms with Crippen LogP contribution in [0.1, 0.15) is 16.8 Å². The lowest BCUT2D eigenvalue weighted by molar-refractivity contribution is 0.0953. The molecule has 6 heteroatoms. The SMILES string of the molecule is COc1ccc(Nc2ccccc2C(=O)NCCCn2ccnc2)cc1. The van der Waals surface area contributed by atoms with Gasteiger partial charge in [-0.1, -0.05) is 12.1 Å². The van der Waals surface area contributed by atoms with E-state index >= 15 is 0 Å². The summed E-state index contributed by atoms with van der Waals surface area (Å²) in [6.07, 6.45) is 6.28. The number of benzene rings is 2. The van der Waals surface area contributed by atoms with Gasteiger partial charge in [0.15, 0.2) is 0 Å². The molecule has 3 rings (SSSR count). The van der Waals surface area contributed by atoms with Crippen LogP contribution in [-0.2, 0) is 6.54 Å². The van der Waals surface area contributed by atoms with E-state index in [1.165, 1.54) is 0 Å². The number of imidazole rings is 1. The maximum absolute atomic E-state index is 12.5. The normalized spacial score (nSPS) is 10.3. The number of carbonyl (C=O) groups is 1. The minimum absolute atomic E-state index is 0.0905. The molecule has 6 nitrogen and oxygen atoms in total. The molecule has 2 aromatic carbocycles. The molecule has 0 aliphatic carbocycles. The second-order valence-electron chi connectivity index (χ2n) is 5.81. The zero-order chi connectivity index (χ0) is 18.2. The Balaban J connectivity index is 1.59. The highest BCUT2D eigenvalue weighted by Gasteiger charge is 2.10. The molecule has 0 aliphatic heterocycles. The summed E-state index contributed by atoms with van der Waals surface area (Å²) in [4.78, 5) is 16.5. The van der Waals surface area contributed by atoms with Gasteiger partial charge in [-0.2, -0.15) is 0 Å². The third-order valence-electron chi connectivity index (χ3n) is 3.98. The van der Waals surface area contributed by atoms with E-state index in [1.807, 2.05) is 59.3 Å². The molecule has 1 heterocycles. The van der Waals surface area contributed by atoms with E-state index in [9.17, 15) is 4.79 Å². The first-order valence-electron chi connectivity index (χ1n) is 8.50. The number of carbonyl (C=O) groups excluding carboxylic acids is 1. The number of hydrogen-bond acceptors (Lipinski definition) is 4. The van der Waals surface area contributed by atoms with Gasteiger partial charge >= 0.3 is 0 Å². The molecule has 3 aromatic rings. The molecule has 0 saturated heterocycles. The van der Waals surface area contributed by atoms with Gasteiger partial charge in [-0.25, -0.2) is 4.98 Å². The van der Waals surface area contributed by atoms with Crippen molar-refractivity contribution in [2.75, 3.05) is 19.0 Å². The van der Waals surface area contributed by atoms with E-state index in [4.69, 9.17) is 4.74 Å². The largest absolute Gasteiger partial charge is 0.497 e.